The van der Waals surface area contributed by atoms with Gasteiger partial charge in [-0.3, -0.25) is 9.36 Å². The molecule has 2 aromatic rings. The Morgan fingerprint density at radius 2 is 2.11 bits per heavy atom. The number of carbonyl (C=O) groups is 1. The van der Waals surface area contributed by atoms with Gasteiger partial charge >= 0.3 is 0 Å². The second kappa shape index (κ2) is 9.87. The van der Waals surface area contributed by atoms with E-state index in [1.165, 1.54) is 0 Å². The van der Waals surface area contributed by atoms with E-state index >= 15 is 0 Å². The van der Waals surface area contributed by atoms with Gasteiger partial charge in [-0.05, 0) is 44.1 Å². The number of carbonyl (C=O) groups excluding carboxylic acids is 1. The van der Waals surface area contributed by atoms with Crippen LogP contribution in [-0.2, 0) is 9.47 Å². The first-order valence-electron chi connectivity index (χ1n) is 9.15. The zero-order chi connectivity index (χ0) is 19.1. The second-order valence-electron chi connectivity index (χ2n) is 6.53. The van der Waals surface area contributed by atoms with E-state index in [1.54, 1.807) is 36.0 Å². The molecular formula is C19H26N4O3S. The number of amides is 1. The Morgan fingerprint density at radius 3 is 2.78 bits per heavy atom. The number of ether oxygens (including phenoxy) is 2. The topological polar surface area (TPSA) is 78.3 Å². The number of nitrogens with one attached hydrogen (secondary N) is 1. The number of methoxy groups -OCH3 is 1. The van der Waals surface area contributed by atoms with Crippen molar-refractivity contribution < 1.29 is 14.3 Å². The first-order valence-corrected chi connectivity index (χ1v) is 10.4. The normalized spacial score (nSPS) is 19.8. The summed E-state index contributed by atoms with van der Waals surface area (Å²) < 4.78 is 12.6. The van der Waals surface area contributed by atoms with Crippen LogP contribution in [0.3, 0.4) is 0 Å². The lowest BCUT2D eigenvalue weighted by Gasteiger charge is -2.29. The third kappa shape index (κ3) is 5.54. The molecule has 1 saturated carbocycles. The van der Waals surface area contributed by atoms with Gasteiger partial charge < -0.3 is 14.8 Å². The lowest BCUT2D eigenvalue weighted by atomic mass is 9.93. The number of aromatic nitrogens is 3. The van der Waals surface area contributed by atoms with Crippen molar-refractivity contribution in [2.24, 2.45) is 0 Å². The fraction of sp³-hybridized carbons (Fsp3) is 0.526. The Morgan fingerprint density at radius 1 is 1.30 bits per heavy atom. The van der Waals surface area contributed by atoms with Crippen LogP contribution < -0.4 is 5.32 Å². The minimum absolute atomic E-state index is 0.129. The predicted molar refractivity (Wildman–Crippen MR) is 104 cm³/mol. The van der Waals surface area contributed by atoms with E-state index in [9.17, 15) is 4.79 Å². The predicted octanol–water partition coefficient (Wildman–Crippen LogP) is 2.69. The molecule has 2 aromatic heterocycles. The summed E-state index contributed by atoms with van der Waals surface area (Å²) in [6, 6.07) is 3.95. The summed E-state index contributed by atoms with van der Waals surface area (Å²) >= 11 is 1.59. The van der Waals surface area contributed by atoms with Gasteiger partial charge in [0.1, 0.15) is 17.8 Å². The largest absolute Gasteiger partial charge is 0.382 e. The molecule has 27 heavy (non-hydrogen) atoms. The van der Waals surface area contributed by atoms with Crippen molar-refractivity contribution in [3.63, 3.8) is 0 Å². The zero-order valence-electron chi connectivity index (χ0n) is 15.8. The number of hydrogen-bond donors (Lipinski definition) is 1. The Labute approximate surface area is 163 Å². The highest BCUT2D eigenvalue weighted by Gasteiger charge is 2.24. The molecule has 0 spiro atoms. The van der Waals surface area contributed by atoms with Gasteiger partial charge in [-0.25, -0.2) is 9.97 Å². The molecule has 0 aromatic carbocycles. The maximum atomic E-state index is 12.7. The first kappa shape index (κ1) is 19.9. The minimum atomic E-state index is -0.129. The highest BCUT2D eigenvalue weighted by Crippen LogP contribution is 2.23. The molecule has 0 radical (unpaired) electrons. The summed E-state index contributed by atoms with van der Waals surface area (Å²) in [5.41, 5.74) is 0.434. The van der Waals surface area contributed by atoms with Gasteiger partial charge in [0.15, 0.2) is 0 Å². The molecule has 3 rings (SSSR count). The number of pyridine rings is 1. The van der Waals surface area contributed by atoms with Crippen LogP contribution in [0.1, 0.15) is 36.2 Å². The monoisotopic (exact) mass is 390 g/mol. The molecule has 146 valence electrons. The molecule has 1 fully saturated rings. The summed E-state index contributed by atoms with van der Waals surface area (Å²) in [5, 5.41) is 3.13. The van der Waals surface area contributed by atoms with Gasteiger partial charge in [-0.15, -0.1) is 11.8 Å². The molecular weight excluding hydrogens is 364 g/mol. The highest BCUT2D eigenvalue weighted by molar-refractivity contribution is 7.98. The zero-order valence-corrected chi connectivity index (χ0v) is 16.6. The van der Waals surface area contributed by atoms with E-state index in [4.69, 9.17) is 9.47 Å². The fourth-order valence-electron chi connectivity index (χ4n) is 3.18. The summed E-state index contributed by atoms with van der Waals surface area (Å²) in [5.74, 6) is 0.566. The van der Waals surface area contributed by atoms with Crippen molar-refractivity contribution in [2.45, 2.75) is 42.7 Å². The van der Waals surface area contributed by atoms with Crippen LogP contribution in [0.15, 0.2) is 35.7 Å². The lowest BCUT2D eigenvalue weighted by Crippen LogP contribution is -2.39. The molecule has 1 aliphatic rings. The van der Waals surface area contributed by atoms with Crippen molar-refractivity contribution >= 4 is 17.7 Å². The first-order chi connectivity index (χ1) is 13.2. The lowest BCUT2D eigenvalue weighted by molar-refractivity contribution is -0.00409. The number of thioether (sulfide) groups is 1. The molecule has 1 aliphatic carbocycles. The minimum Gasteiger partial charge on any atom is -0.382 e. The molecule has 0 saturated heterocycles. The summed E-state index contributed by atoms with van der Waals surface area (Å²) in [4.78, 5) is 22.3. The van der Waals surface area contributed by atoms with E-state index < -0.39 is 0 Å². The molecule has 0 unspecified atom stereocenters. The summed E-state index contributed by atoms with van der Waals surface area (Å²) in [7, 11) is 1.67. The van der Waals surface area contributed by atoms with Gasteiger partial charge in [0, 0.05) is 30.4 Å². The van der Waals surface area contributed by atoms with Crippen LogP contribution >= 0.6 is 11.8 Å². The SMILES string of the molecule is COCCOC1CCC(NC(=O)c2cc(SC)cc(-n3ccnc3)n2)CC1. The standard InChI is InChI=1S/C19H26N4O3S/c1-25-9-10-26-15-5-3-14(4-6-15)21-19(24)17-11-16(27-2)12-18(22-17)23-8-7-20-13-23/h7-8,11-15H,3-6,9-10H2,1-2H3,(H,21,24). The quantitative estimate of drug-likeness (QED) is 0.552. The third-order valence-corrected chi connectivity index (χ3v) is 5.38. The van der Waals surface area contributed by atoms with E-state index in [0.717, 1.165) is 30.6 Å². The van der Waals surface area contributed by atoms with Gasteiger partial charge in [0.25, 0.3) is 5.91 Å². The third-order valence-electron chi connectivity index (χ3n) is 4.67. The molecule has 0 aliphatic heterocycles. The number of imidazole rings is 1. The van der Waals surface area contributed by atoms with Crippen LogP contribution in [0, 0.1) is 0 Å². The molecule has 0 bridgehead atoms. The van der Waals surface area contributed by atoms with Crippen molar-refractivity contribution in [2.75, 3.05) is 26.6 Å². The maximum Gasteiger partial charge on any atom is 0.270 e. The summed E-state index contributed by atoms with van der Waals surface area (Å²) in [6.07, 6.45) is 11.2. The molecule has 8 heteroatoms. The molecule has 7 nitrogen and oxygen atoms in total. The van der Waals surface area contributed by atoms with Crippen molar-refractivity contribution in [1.82, 2.24) is 19.9 Å². The highest BCUT2D eigenvalue weighted by atomic mass is 32.2. The van der Waals surface area contributed by atoms with Crippen LogP contribution in [0.25, 0.3) is 5.82 Å². The summed E-state index contributed by atoms with van der Waals surface area (Å²) in [6.45, 7) is 1.24. The van der Waals surface area contributed by atoms with Crippen LogP contribution in [0.4, 0.5) is 0 Å². The van der Waals surface area contributed by atoms with E-state index in [1.807, 2.05) is 24.6 Å². The number of hydrogen-bond acceptors (Lipinski definition) is 6. The Bertz CT molecular complexity index is 731. The second-order valence-corrected chi connectivity index (χ2v) is 7.41. The fourth-order valence-corrected chi connectivity index (χ4v) is 3.64. The van der Waals surface area contributed by atoms with E-state index in [0.29, 0.717) is 24.7 Å². The van der Waals surface area contributed by atoms with Crippen LogP contribution in [-0.4, -0.2) is 59.2 Å². The molecule has 1 N–H and O–H groups in total. The van der Waals surface area contributed by atoms with Gasteiger partial charge in [-0.2, -0.15) is 0 Å². The molecule has 0 atom stereocenters. The number of rotatable bonds is 8. The average molecular weight is 391 g/mol. The number of nitrogens with zero attached hydrogens (tertiary/aromatic N) is 3. The van der Waals surface area contributed by atoms with Gasteiger partial charge in [-0.1, -0.05) is 0 Å². The smallest absolute Gasteiger partial charge is 0.270 e. The van der Waals surface area contributed by atoms with E-state index in [-0.39, 0.29) is 18.1 Å². The van der Waals surface area contributed by atoms with Crippen LogP contribution in [0.2, 0.25) is 0 Å². The average Bonchev–Trinajstić information content (AvgIpc) is 3.24. The maximum absolute atomic E-state index is 12.7. The Balaban J connectivity index is 1.59. The van der Waals surface area contributed by atoms with Crippen molar-refractivity contribution in [3.8, 4) is 5.82 Å². The van der Waals surface area contributed by atoms with Crippen molar-refractivity contribution in [3.05, 3.63) is 36.5 Å². The molecule has 2 heterocycles. The van der Waals surface area contributed by atoms with E-state index in [2.05, 4.69) is 15.3 Å². The molecule has 1 amide bonds. The van der Waals surface area contributed by atoms with Crippen LogP contribution in [0.5, 0.6) is 0 Å². The Hall–Kier alpha value is -1.90. The Kier molecular flexibility index (Phi) is 7.25. The van der Waals surface area contributed by atoms with Gasteiger partial charge in [0.05, 0.1) is 19.3 Å². The van der Waals surface area contributed by atoms with Gasteiger partial charge in [0.2, 0.25) is 0 Å². The van der Waals surface area contributed by atoms with Crippen molar-refractivity contribution in [1.29, 1.82) is 0 Å².